The first kappa shape index (κ1) is 15.7. The molecule has 0 spiro atoms. The van der Waals surface area contributed by atoms with Crippen LogP contribution in [-0.4, -0.2) is 29.6 Å². The summed E-state index contributed by atoms with van der Waals surface area (Å²) in [5, 5.41) is 11.6. The smallest absolute Gasteiger partial charge is 0.290 e. The van der Waals surface area contributed by atoms with Crippen molar-refractivity contribution < 1.29 is 9.66 Å². The molecule has 2 heterocycles. The first-order valence-corrected chi connectivity index (χ1v) is 7.66. The molecule has 0 amide bonds. The van der Waals surface area contributed by atoms with E-state index in [1.165, 1.54) is 6.20 Å². The van der Waals surface area contributed by atoms with Gasteiger partial charge in [0.1, 0.15) is 18.1 Å². The minimum absolute atomic E-state index is 0.0321. The van der Waals surface area contributed by atoms with Crippen molar-refractivity contribution in [1.29, 1.82) is 0 Å². The average molecular weight is 334 g/mol. The van der Waals surface area contributed by atoms with Crippen LogP contribution in [0, 0.1) is 17.0 Å². The molecule has 1 unspecified atom stereocenters. The van der Waals surface area contributed by atoms with E-state index in [-0.39, 0.29) is 11.8 Å². The molecule has 1 saturated heterocycles. The standard InChI is InChI=1S/C16H16ClN3O3/c1-11-8-16(18-9-14(11)20(21)22)19-6-7-23-15(10-19)12-4-2-3-5-13(12)17/h2-5,8-9,15H,6-7,10H2,1H3. The van der Waals surface area contributed by atoms with Crippen molar-refractivity contribution in [2.75, 3.05) is 24.6 Å². The Kier molecular flexibility index (Phi) is 4.45. The quantitative estimate of drug-likeness (QED) is 0.635. The molecule has 3 rings (SSSR count). The molecule has 6 nitrogen and oxygen atoms in total. The summed E-state index contributed by atoms with van der Waals surface area (Å²) < 4.78 is 5.83. The van der Waals surface area contributed by atoms with Gasteiger partial charge in [-0.25, -0.2) is 4.98 Å². The molecule has 1 atom stereocenters. The van der Waals surface area contributed by atoms with E-state index >= 15 is 0 Å². The zero-order valence-electron chi connectivity index (χ0n) is 12.6. The molecule has 1 aromatic heterocycles. The molecule has 1 fully saturated rings. The van der Waals surface area contributed by atoms with Crippen molar-refractivity contribution in [2.45, 2.75) is 13.0 Å². The minimum Gasteiger partial charge on any atom is -0.370 e. The number of nitro groups is 1. The molecule has 120 valence electrons. The highest BCUT2D eigenvalue weighted by Gasteiger charge is 2.25. The summed E-state index contributed by atoms with van der Waals surface area (Å²) >= 11 is 6.24. The van der Waals surface area contributed by atoms with Crippen LogP contribution in [0.1, 0.15) is 17.2 Å². The molecule has 1 aromatic carbocycles. The van der Waals surface area contributed by atoms with Crippen molar-refractivity contribution in [3.63, 3.8) is 0 Å². The summed E-state index contributed by atoms with van der Waals surface area (Å²) in [7, 11) is 0. The molecule has 0 N–H and O–H groups in total. The van der Waals surface area contributed by atoms with E-state index in [9.17, 15) is 10.1 Å². The Hall–Kier alpha value is -2.18. The maximum Gasteiger partial charge on any atom is 0.290 e. The predicted octanol–water partition coefficient (Wildman–Crippen LogP) is 3.53. The largest absolute Gasteiger partial charge is 0.370 e. The topological polar surface area (TPSA) is 68.5 Å². The average Bonchev–Trinajstić information content (AvgIpc) is 2.55. The lowest BCUT2D eigenvalue weighted by Gasteiger charge is -2.34. The summed E-state index contributed by atoms with van der Waals surface area (Å²) in [6.07, 6.45) is 1.17. The third kappa shape index (κ3) is 3.28. The highest BCUT2D eigenvalue weighted by molar-refractivity contribution is 6.31. The van der Waals surface area contributed by atoms with Crippen LogP contribution in [0.5, 0.6) is 0 Å². The van der Waals surface area contributed by atoms with Crippen LogP contribution in [0.4, 0.5) is 11.5 Å². The summed E-state index contributed by atoms with van der Waals surface area (Å²) in [5.74, 6) is 0.716. The number of aryl methyl sites for hydroxylation is 1. The van der Waals surface area contributed by atoms with Gasteiger partial charge in [0.25, 0.3) is 5.69 Å². The molecule has 1 aliphatic heterocycles. The lowest BCUT2D eigenvalue weighted by Crippen LogP contribution is -2.39. The van der Waals surface area contributed by atoms with Crippen molar-refractivity contribution in [2.24, 2.45) is 0 Å². The van der Waals surface area contributed by atoms with Crippen LogP contribution >= 0.6 is 11.6 Å². The Morgan fingerprint density at radius 3 is 2.91 bits per heavy atom. The fourth-order valence-corrected chi connectivity index (χ4v) is 2.94. The number of ether oxygens (including phenoxy) is 1. The second-order valence-corrected chi connectivity index (χ2v) is 5.82. The van der Waals surface area contributed by atoms with Crippen LogP contribution < -0.4 is 4.90 Å². The predicted molar refractivity (Wildman–Crippen MR) is 88.0 cm³/mol. The number of aromatic nitrogens is 1. The molecule has 0 aliphatic carbocycles. The number of anilines is 1. The Morgan fingerprint density at radius 1 is 1.43 bits per heavy atom. The van der Waals surface area contributed by atoms with E-state index in [4.69, 9.17) is 16.3 Å². The Balaban J connectivity index is 1.83. The molecular weight excluding hydrogens is 318 g/mol. The van der Waals surface area contributed by atoms with Crippen LogP contribution in [0.3, 0.4) is 0 Å². The molecule has 1 aliphatic rings. The van der Waals surface area contributed by atoms with Crippen molar-refractivity contribution in [3.05, 3.63) is 62.8 Å². The maximum atomic E-state index is 10.9. The highest BCUT2D eigenvalue weighted by Crippen LogP contribution is 2.30. The van der Waals surface area contributed by atoms with E-state index in [0.717, 1.165) is 5.56 Å². The second kappa shape index (κ2) is 6.52. The number of nitrogens with zero attached hydrogens (tertiary/aromatic N) is 3. The minimum atomic E-state index is -0.419. The van der Waals surface area contributed by atoms with E-state index in [1.807, 2.05) is 24.3 Å². The van der Waals surface area contributed by atoms with Gasteiger partial charge in [0.15, 0.2) is 0 Å². The van der Waals surface area contributed by atoms with Gasteiger partial charge in [0, 0.05) is 29.2 Å². The van der Waals surface area contributed by atoms with Gasteiger partial charge in [0.05, 0.1) is 11.5 Å². The molecule has 23 heavy (non-hydrogen) atoms. The van der Waals surface area contributed by atoms with Crippen LogP contribution in [0.25, 0.3) is 0 Å². The van der Waals surface area contributed by atoms with Crippen LogP contribution in [-0.2, 0) is 4.74 Å². The lowest BCUT2D eigenvalue weighted by atomic mass is 10.1. The fraction of sp³-hybridized carbons (Fsp3) is 0.312. The van der Waals surface area contributed by atoms with Gasteiger partial charge < -0.3 is 9.64 Å². The Morgan fingerprint density at radius 2 is 2.22 bits per heavy atom. The summed E-state index contributed by atoms with van der Waals surface area (Å²) in [4.78, 5) is 16.8. The molecule has 2 aromatic rings. The van der Waals surface area contributed by atoms with Crippen molar-refractivity contribution in [3.8, 4) is 0 Å². The molecule has 0 radical (unpaired) electrons. The molecular formula is C16H16ClN3O3. The third-order valence-corrected chi connectivity index (χ3v) is 4.25. The summed E-state index contributed by atoms with van der Waals surface area (Å²) in [5.41, 5.74) is 1.57. The zero-order chi connectivity index (χ0) is 16.4. The Labute approximate surface area is 138 Å². The summed E-state index contributed by atoms with van der Waals surface area (Å²) in [6.45, 7) is 3.56. The molecule has 7 heteroatoms. The SMILES string of the molecule is Cc1cc(N2CCOC(c3ccccc3Cl)C2)ncc1[N+](=O)[O-]. The van der Waals surface area contributed by atoms with Gasteiger partial charge in [-0.2, -0.15) is 0 Å². The van der Waals surface area contributed by atoms with Crippen molar-refractivity contribution >= 4 is 23.1 Å². The molecule has 0 bridgehead atoms. The van der Waals surface area contributed by atoms with Gasteiger partial charge in [-0.15, -0.1) is 0 Å². The van der Waals surface area contributed by atoms with Gasteiger partial charge in [-0.1, -0.05) is 29.8 Å². The van der Waals surface area contributed by atoms with Gasteiger partial charge in [-0.3, -0.25) is 10.1 Å². The number of pyridine rings is 1. The van der Waals surface area contributed by atoms with Gasteiger partial charge >= 0.3 is 0 Å². The van der Waals surface area contributed by atoms with Crippen LogP contribution in [0.2, 0.25) is 5.02 Å². The number of rotatable bonds is 3. The number of hydrogen-bond donors (Lipinski definition) is 0. The van der Waals surface area contributed by atoms with Crippen molar-refractivity contribution in [1.82, 2.24) is 4.98 Å². The third-order valence-electron chi connectivity index (χ3n) is 3.91. The van der Waals surface area contributed by atoms with Gasteiger partial charge in [-0.05, 0) is 19.1 Å². The van der Waals surface area contributed by atoms with Gasteiger partial charge in [0.2, 0.25) is 0 Å². The van der Waals surface area contributed by atoms with E-state index in [0.29, 0.717) is 36.1 Å². The van der Waals surface area contributed by atoms with E-state index in [1.54, 1.807) is 13.0 Å². The Bertz CT molecular complexity index is 738. The fourth-order valence-electron chi connectivity index (χ4n) is 2.68. The first-order valence-electron chi connectivity index (χ1n) is 7.28. The highest BCUT2D eigenvalue weighted by atomic mass is 35.5. The van der Waals surface area contributed by atoms with Crippen LogP contribution in [0.15, 0.2) is 36.5 Å². The maximum absolute atomic E-state index is 10.9. The zero-order valence-corrected chi connectivity index (χ0v) is 13.4. The number of hydrogen-bond acceptors (Lipinski definition) is 5. The second-order valence-electron chi connectivity index (χ2n) is 5.41. The lowest BCUT2D eigenvalue weighted by molar-refractivity contribution is -0.385. The normalized spacial score (nSPS) is 18.0. The van der Waals surface area contributed by atoms with E-state index in [2.05, 4.69) is 9.88 Å². The number of halogens is 1. The number of morpholine rings is 1. The first-order chi connectivity index (χ1) is 11.1. The van der Waals surface area contributed by atoms with E-state index < -0.39 is 4.92 Å². The molecule has 0 saturated carbocycles. The number of benzene rings is 1. The monoisotopic (exact) mass is 333 g/mol. The summed E-state index contributed by atoms with van der Waals surface area (Å²) in [6, 6.07) is 9.34.